The van der Waals surface area contributed by atoms with Crippen molar-refractivity contribution in [1.29, 1.82) is 0 Å². The summed E-state index contributed by atoms with van der Waals surface area (Å²) in [5.74, 6) is 3.13. The number of nitrogens with one attached hydrogen (secondary N) is 2. The first-order valence-corrected chi connectivity index (χ1v) is 13.9. The molecule has 1 aliphatic heterocycles. The number of piperidine rings is 1. The van der Waals surface area contributed by atoms with E-state index in [2.05, 4.69) is 45.9 Å². The molecule has 0 saturated carbocycles. The summed E-state index contributed by atoms with van der Waals surface area (Å²) in [5.41, 5.74) is 4.15. The lowest BCUT2D eigenvalue weighted by molar-refractivity contribution is 0.190. The van der Waals surface area contributed by atoms with Gasteiger partial charge in [-0.1, -0.05) is 36.4 Å². The van der Waals surface area contributed by atoms with Crippen LogP contribution < -0.4 is 20.1 Å². The lowest BCUT2D eigenvalue weighted by Crippen LogP contribution is -2.41. The van der Waals surface area contributed by atoms with Crippen LogP contribution in [0.25, 0.3) is 17.2 Å². The Morgan fingerprint density at radius 3 is 2.51 bits per heavy atom. The summed E-state index contributed by atoms with van der Waals surface area (Å²) >= 11 is 0. The summed E-state index contributed by atoms with van der Waals surface area (Å²) in [6.07, 6.45) is 5.75. The van der Waals surface area contributed by atoms with Gasteiger partial charge in [0, 0.05) is 37.4 Å². The van der Waals surface area contributed by atoms with Crippen LogP contribution in [0.5, 0.6) is 11.5 Å². The summed E-state index contributed by atoms with van der Waals surface area (Å²) in [4.78, 5) is 12.1. The normalized spacial score (nSPS) is 14.4. The molecule has 2 aromatic carbocycles. The van der Waals surface area contributed by atoms with Crippen molar-refractivity contribution in [3.63, 3.8) is 0 Å². The zero-order valence-corrected chi connectivity index (χ0v) is 23.4. The Morgan fingerprint density at radius 1 is 0.927 bits per heavy atom. The Bertz CT molecular complexity index is 1560. The van der Waals surface area contributed by atoms with Gasteiger partial charge in [-0.05, 0) is 61.3 Å². The molecule has 0 aliphatic carbocycles. The van der Waals surface area contributed by atoms with Gasteiger partial charge in [0.05, 0.1) is 20.5 Å². The van der Waals surface area contributed by atoms with Gasteiger partial charge in [-0.25, -0.2) is 9.97 Å². The average molecular weight is 554 g/mol. The molecule has 5 aromatic rings. The lowest BCUT2D eigenvalue weighted by Gasteiger charge is -2.32. The molecule has 0 amide bonds. The van der Waals surface area contributed by atoms with Crippen molar-refractivity contribution in [2.24, 2.45) is 0 Å². The first kappa shape index (κ1) is 26.8. The van der Waals surface area contributed by atoms with Gasteiger partial charge in [0.25, 0.3) is 0 Å². The monoisotopic (exact) mass is 553 g/mol. The van der Waals surface area contributed by atoms with Crippen LogP contribution in [-0.4, -0.2) is 57.8 Å². The van der Waals surface area contributed by atoms with E-state index in [1.807, 2.05) is 36.5 Å². The maximum atomic E-state index is 5.60. The van der Waals surface area contributed by atoms with Crippen molar-refractivity contribution in [1.82, 2.24) is 29.8 Å². The SMILES string of the molecule is COc1ccc(CNc2ncc(CN3CCC(NCc4ccccc4)CC3)c3nc(-c4ccco4)nn23)cc1OC. The number of anilines is 1. The molecule has 41 heavy (non-hydrogen) atoms. The summed E-state index contributed by atoms with van der Waals surface area (Å²) in [6, 6.07) is 20.6. The van der Waals surface area contributed by atoms with Gasteiger partial charge in [-0.15, -0.1) is 5.10 Å². The van der Waals surface area contributed by atoms with E-state index in [-0.39, 0.29) is 0 Å². The molecule has 1 saturated heterocycles. The minimum absolute atomic E-state index is 0.520. The van der Waals surface area contributed by atoms with Crippen molar-refractivity contribution in [3.05, 3.63) is 89.8 Å². The maximum absolute atomic E-state index is 5.60. The molecule has 4 heterocycles. The Kier molecular flexibility index (Phi) is 8.11. The van der Waals surface area contributed by atoms with E-state index in [9.17, 15) is 0 Å². The van der Waals surface area contributed by atoms with Crippen LogP contribution in [0.4, 0.5) is 5.95 Å². The van der Waals surface area contributed by atoms with Gasteiger partial charge in [0.15, 0.2) is 22.9 Å². The number of aromatic nitrogens is 4. The minimum Gasteiger partial charge on any atom is -0.493 e. The highest BCUT2D eigenvalue weighted by atomic mass is 16.5. The highest BCUT2D eigenvalue weighted by Crippen LogP contribution is 2.28. The number of ether oxygens (including phenoxy) is 2. The van der Waals surface area contributed by atoms with Crippen molar-refractivity contribution < 1.29 is 13.9 Å². The molecule has 0 atom stereocenters. The van der Waals surface area contributed by atoms with Crippen molar-refractivity contribution >= 4 is 11.6 Å². The molecular weight excluding hydrogens is 518 g/mol. The Hall–Kier alpha value is -4.41. The first-order valence-electron chi connectivity index (χ1n) is 13.9. The van der Waals surface area contributed by atoms with E-state index in [1.165, 1.54) is 5.56 Å². The summed E-state index contributed by atoms with van der Waals surface area (Å²) < 4.78 is 18.2. The lowest BCUT2D eigenvalue weighted by atomic mass is 10.0. The fourth-order valence-corrected chi connectivity index (χ4v) is 5.23. The number of fused-ring (bicyclic) bond motifs is 1. The van der Waals surface area contributed by atoms with Crippen molar-refractivity contribution in [2.75, 3.05) is 32.6 Å². The Morgan fingerprint density at radius 2 is 1.76 bits per heavy atom. The molecule has 0 radical (unpaired) electrons. The fraction of sp³-hybridized carbons (Fsp3) is 0.323. The molecule has 2 N–H and O–H groups in total. The van der Waals surface area contributed by atoms with Gasteiger partial charge >= 0.3 is 0 Å². The van der Waals surface area contributed by atoms with Crippen molar-refractivity contribution in [2.45, 2.75) is 38.5 Å². The Balaban J connectivity index is 1.16. The molecule has 0 unspecified atom stereocenters. The molecule has 0 bridgehead atoms. The Labute approximate surface area is 239 Å². The molecular formula is C31H35N7O3. The second-order valence-corrected chi connectivity index (χ2v) is 10.2. The molecule has 10 nitrogen and oxygen atoms in total. The number of furan rings is 1. The largest absolute Gasteiger partial charge is 0.493 e. The predicted octanol–water partition coefficient (Wildman–Crippen LogP) is 4.77. The number of nitrogens with zero attached hydrogens (tertiary/aromatic N) is 5. The van der Waals surface area contributed by atoms with E-state index in [1.54, 1.807) is 25.0 Å². The predicted molar refractivity (Wildman–Crippen MR) is 157 cm³/mol. The molecule has 6 rings (SSSR count). The van der Waals surface area contributed by atoms with Crippen LogP contribution in [0.3, 0.4) is 0 Å². The smallest absolute Gasteiger partial charge is 0.226 e. The standard InChI is InChI=1S/C31H35N7O3/c1-39-26-11-10-23(17-28(26)40-2)19-33-31-34-20-24(30-35-29(36-38(30)31)27-9-6-16-41-27)21-37-14-12-25(13-15-37)32-18-22-7-4-3-5-8-22/h3-11,16-17,20,25,32H,12-15,18-19,21H2,1-2H3,(H,33,34). The van der Waals surface area contributed by atoms with E-state index >= 15 is 0 Å². The van der Waals surface area contributed by atoms with Crippen LogP contribution in [0.15, 0.2) is 77.5 Å². The summed E-state index contributed by atoms with van der Waals surface area (Å²) in [6.45, 7) is 4.21. The number of likely N-dealkylation sites (tertiary alicyclic amines) is 1. The molecule has 0 spiro atoms. The van der Waals surface area contributed by atoms with Gasteiger partial charge < -0.3 is 24.5 Å². The molecule has 1 fully saturated rings. The third kappa shape index (κ3) is 6.18. The van der Waals surface area contributed by atoms with Crippen LogP contribution in [0.2, 0.25) is 0 Å². The highest BCUT2D eigenvalue weighted by Gasteiger charge is 2.22. The second kappa shape index (κ2) is 12.4. The number of hydrogen-bond donors (Lipinski definition) is 2. The van der Waals surface area contributed by atoms with Crippen LogP contribution in [-0.2, 0) is 19.6 Å². The van der Waals surface area contributed by atoms with Crippen LogP contribution in [0, 0.1) is 0 Å². The van der Waals surface area contributed by atoms with E-state index in [0.717, 1.165) is 55.8 Å². The quantitative estimate of drug-likeness (QED) is 0.240. The third-order valence-electron chi connectivity index (χ3n) is 7.50. The minimum atomic E-state index is 0.520. The fourth-order valence-electron chi connectivity index (χ4n) is 5.23. The van der Waals surface area contributed by atoms with E-state index in [4.69, 9.17) is 29.0 Å². The summed E-state index contributed by atoms with van der Waals surface area (Å²) in [7, 11) is 3.26. The van der Waals surface area contributed by atoms with Gasteiger partial charge in [-0.2, -0.15) is 4.52 Å². The second-order valence-electron chi connectivity index (χ2n) is 10.2. The van der Waals surface area contributed by atoms with Gasteiger partial charge in [0.2, 0.25) is 11.8 Å². The van der Waals surface area contributed by atoms with Crippen molar-refractivity contribution in [3.8, 4) is 23.1 Å². The third-order valence-corrected chi connectivity index (χ3v) is 7.50. The first-order chi connectivity index (χ1) is 20.2. The van der Waals surface area contributed by atoms with Crippen LogP contribution >= 0.6 is 0 Å². The highest BCUT2D eigenvalue weighted by molar-refractivity contribution is 5.58. The maximum Gasteiger partial charge on any atom is 0.226 e. The molecule has 212 valence electrons. The van der Waals surface area contributed by atoms with Gasteiger partial charge in [0.1, 0.15) is 0 Å². The van der Waals surface area contributed by atoms with Crippen LogP contribution in [0.1, 0.15) is 29.5 Å². The van der Waals surface area contributed by atoms with E-state index in [0.29, 0.717) is 41.6 Å². The zero-order chi connectivity index (χ0) is 28.0. The number of rotatable bonds is 11. The van der Waals surface area contributed by atoms with Gasteiger partial charge in [-0.3, -0.25) is 4.90 Å². The molecule has 3 aromatic heterocycles. The topological polar surface area (TPSA) is 102 Å². The van der Waals surface area contributed by atoms with E-state index < -0.39 is 0 Å². The number of hydrogen-bond acceptors (Lipinski definition) is 9. The zero-order valence-electron chi connectivity index (χ0n) is 23.4. The number of benzene rings is 2. The average Bonchev–Trinajstić information content (AvgIpc) is 3.72. The summed E-state index contributed by atoms with van der Waals surface area (Å²) in [5, 5.41) is 11.9. The number of methoxy groups -OCH3 is 2. The molecule has 1 aliphatic rings. The molecule has 10 heteroatoms.